The zero-order valence-corrected chi connectivity index (χ0v) is 19.6. The van der Waals surface area contributed by atoms with Gasteiger partial charge in [0.25, 0.3) is 5.91 Å². The third kappa shape index (κ3) is 4.65. The number of fused-ring (bicyclic) bond motifs is 1. The molecule has 5 N–H and O–H groups in total. The van der Waals surface area contributed by atoms with E-state index in [2.05, 4.69) is 4.90 Å². The van der Waals surface area contributed by atoms with Crippen LogP contribution in [0.5, 0.6) is 0 Å². The Morgan fingerprint density at radius 1 is 0.971 bits per heavy atom. The Hall–Kier alpha value is -3.69. The van der Waals surface area contributed by atoms with Gasteiger partial charge in [0.15, 0.2) is 0 Å². The third-order valence-corrected chi connectivity index (χ3v) is 7.03. The summed E-state index contributed by atoms with van der Waals surface area (Å²) >= 11 is 0. The fourth-order valence-corrected chi connectivity index (χ4v) is 5.06. The number of likely N-dealkylation sites (tertiary alicyclic amines) is 1. The van der Waals surface area contributed by atoms with E-state index in [1.807, 2.05) is 39.8 Å². The highest BCUT2D eigenvalue weighted by atomic mass is 16.5. The average molecular weight is 475 g/mol. The number of nitrogens with zero attached hydrogens (tertiary/aromatic N) is 3. The number of carbonyl (C=O) groups excluding carboxylic acids is 2. The minimum absolute atomic E-state index is 0.00455. The van der Waals surface area contributed by atoms with Crippen LogP contribution in [0.3, 0.4) is 0 Å². The van der Waals surface area contributed by atoms with Gasteiger partial charge in [-0.05, 0) is 36.2 Å². The van der Waals surface area contributed by atoms with Crippen molar-refractivity contribution in [3.63, 3.8) is 0 Å². The van der Waals surface area contributed by atoms with Gasteiger partial charge in [0.1, 0.15) is 11.5 Å². The highest BCUT2D eigenvalue weighted by Crippen LogP contribution is 2.26. The Morgan fingerprint density at radius 3 is 2.37 bits per heavy atom. The predicted molar refractivity (Wildman–Crippen MR) is 134 cm³/mol. The number of ether oxygens (including phenoxy) is 1. The van der Waals surface area contributed by atoms with Gasteiger partial charge in [-0.3, -0.25) is 19.9 Å². The van der Waals surface area contributed by atoms with Crippen molar-refractivity contribution < 1.29 is 14.3 Å². The van der Waals surface area contributed by atoms with Crippen LogP contribution < -0.4 is 11.5 Å². The van der Waals surface area contributed by atoms with Gasteiger partial charge in [-0.1, -0.05) is 24.3 Å². The molecule has 0 unspecified atom stereocenters. The van der Waals surface area contributed by atoms with E-state index < -0.39 is 5.91 Å². The summed E-state index contributed by atoms with van der Waals surface area (Å²) in [5.74, 6) is -0.505. The third-order valence-electron chi connectivity index (χ3n) is 7.03. The van der Waals surface area contributed by atoms with E-state index in [0.29, 0.717) is 42.5 Å². The molecule has 0 aliphatic carbocycles. The first-order chi connectivity index (χ1) is 16.9. The van der Waals surface area contributed by atoms with Crippen LogP contribution in [-0.4, -0.2) is 77.5 Å². The van der Waals surface area contributed by atoms with Crippen LogP contribution in [0.4, 0.5) is 0 Å². The van der Waals surface area contributed by atoms with Crippen LogP contribution in [0.25, 0.3) is 10.9 Å². The minimum atomic E-state index is -0.478. The van der Waals surface area contributed by atoms with Crippen LogP contribution in [0.1, 0.15) is 38.4 Å². The van der Waals surface area contributed by atoms with Gasteiger partial charge in [-0.15, -0.1) is 0 Å². The highest BCUT2D eigenvalue weighted by Gasteiger charge is 2.33. The second kappa shape index (κ2) is 9.52. The SMILES string of the molecule is N=C(N)c1ccc2cc(C(=O)N3CC[C@@H](N4CCOCC4)C3)n(Cc3ccc(C(N)=O)cc3)c2c1. The molecular weight excluding hydrogens is 444 g/mol. The quantitative estimate of drug-likeness (QED) is 0.369. The maximum atomic E-state index is 13.8. The summed E-state index contributed by atoms with van der Waals surface area (Å²) < 4.78 is 7.46. The number of aromatic nitrogens is 1. The molecule has 182 valence electrons. The van der Waals surface area contributed by atoms with Crippen molar-refractivity contribution in [1.82, 2.24) is 14.4 Å². The average Bonchev–Trinajstić information content (AvgIpc) is 3.50. The molecule has 0 spiro atoms. The van der Waals surface area contributed by atoms with Crippen LogP contribution >= 0.6 is 0 Å². The summed E-state index contributed by atoms with van der Waals surface area (Å²) in [6.45, 7) is 5.15. The van der Waals surface area contributed by atoms with Crippen molar-refractivity contribution in [3.8, 4) is 0 Å². The largest absolute Gasteiger partial charge is 0.384 e. The lowest BCUT2D eigenvalue weighted by Gasteiger charge is -2.32. The maximum Gasteiger partial charge on any atom is 0.270 e. The first-order valence-corrected chi connectivity index (χ1v) is 11.9. The van der Waals surface area contributed by atoms with E-state index in [1.54, 1.807) is 18.2 Å². The molecule has 0 saturated carbocycles. The molecule has 35 heavy (non-hydrogen) atoms. The smallest absolute Gasteiger partial charge is 0.270 e. The zero-order valence-electron chi connectivity index (χ0n) is 19.6. The molecule has 3 aromatic rings. The molecule has 1 atom stereocenters. The fraction of sp³-hybridized carbons (Fsp3) is 0.346. The Bertz CT molecular complexity index is 1280. The van der Waals surface area contributed by atoms with Gasteiger partial charge in [-0.2, -0.15) is 0 Å². The Kier molecular flexibility index (Phi) is 6.27. The number of hydrogen-bond acceptors (Lipinski definition) is 5. The van der Waals surface area contributed by atoms with Crippen molar-refractivity contribution in [2.24, 2.45) is 11.5 Å². The molecule has 9 nitrogen and oxygen atoms in total. The summed E-state index contributed by atoms with van der Waals surface area (Å²) in [6, 6.07) is 14.9. The summed E-state index contributed by atoms with van der Waals surface area (Å²) in [7, 11) is 0. The summed E-state index contributed by atoms with van der Waals surface area (Å²) in [5.41, 5.74) is 14.5. The first-order valence-electron chi connectivity index (χ1n) is 11.9. The lowest BCUT2D eigenvalue weighted by molar-refractivity contribution is 0.0185. The van der Waals surface area contributed by atoms with E-state index in [1.165, 1.54) is 0 Å². The molecule has 9 heteroatoms. The zero-order chi connectivity index (χ0) is 24.5. The van der Waals surface area contributed by atoms with Crippen LogP contribution in [0.2, 0.25) is 0 Å². The number of morpholine rings is 1. The minimum Gasteiger partial charge on any atom is -0.384 e. The predicted octanol–water partition coefficient (Wildman–Crippen LogP) is 1.62. The molecule has 2 saturated heterocycles. The molecular formula is C26H30N6O3. The van der Waals surface area contributed by atoms with E-state index in [0.717, 1.165) is 49.2 Å². The molecule has 0 bridgehead atoms. The standard InChI is InChI=1S/C26H30N6O3/c27-24(28)20-6-5-19-13-23(26(34)31-8-7-21(16-31)30-9-11-35-12-10-30)32(22(19)14-20)15-17-1-3-18(4-2-17)25(29)33/h1-6,13-14,21H,7-12,15-16H2,(H3,27,28)(H2,29,33)/t21-/m1/s1. The monoisotopic (exact) mass is 474 g/mol. The number of amidine groups is 1. The number of nitrogens with two attached hydrogens (primary N) is 2. The van der Waals surface area contributed by atoms with E-state index in [4.69, 9.17) is 21.6 Å². The van der Waals surface area contributed by atoms with Crippen molar-refractivity contribution in [1.29, 1.82) is 5.41 Å². The van der Waals surface area contributed by atoms with Crippen molar-refractivity contribution in [3.05, 3.63) is 70.9 Å². The lowest BCUT2D eigenvalue weighted by atomic mass is 10.1. The molecule has 2 fully saturated rings. The number of nitrogens with one attached hydrogen (secondary N) is 1. The van der Waals surface area contributed by atoms with Gasteiger partial charge < -0.3 is 25.7 Å². The maximum absolute atomic E-state index is 13.8. The molecule has 1 aromatic heterocycles. The van der Waals surface area contributed by atoms with Crippen LogP contribution in [0, 0.1) is 5.41 Å². The molecule has 2 aliphatic heterocycles. The van der Waals surface area contributed by atoms with Gasteiger partial charge >= 0.3 is 0 Å². The summed E-state index contributed by atoms with van der Waals surface area (Å²) in [5, 5.41) is 8.76. The highest BCUT2D eigenvalue weighted by molar-refractivity contribution is 6.02. The Morgan fingerprint density at radius 2 is 1.69 bits per heavy atom. The van der Waals surface area contributed by atoms with Crippen LogP contribution in [-0.2, 0) is 11.3 Å². The van der Waals surface area contributed by atoms with Gasteiger partial charge in [0.2, 0.25) is 5.91 Å². The van der Waals surface area contributed by atoms with Gasteiger partial charge in [0, 0.05) is 60.8 Å². The number of primary amides is 1. The first kappa shape index (κ1) is 23.1. The van der Waals surface area contributed by atoms with E-state index in [9.17, 15) is 9.59 Å². The number of carbonyl (C=O) groups is 2. The summed E-state index contributed by atoms with van der Waals surface area (Å²) in [4.78, 5) is 29.6. The van der Waals surface area contributed by atoms with Crippen molar-refractivity contribution >= 4 is 28.6 Å². The molecule has 2 amide bonds. The van der Waals surface area contributed by atoms with Gasteiger partial charge in [0.05, 0.1) is 13.2 Å². The normalized spacial score (nSPS) is 18.7. The van der Waals surface area contributed by atoms with Crippen molar-refractivity contribution in [2.75, 3.05) is 39.4 Å². The second-order valence-corrected chi connectivity index (χ2v) is 9.21. The molecule has 5 rings (SSSR count). The number of amides is 2. The Balaban J connectivity index is 1.47. The topological polar surface area (TPSA) is 131 Å². The van der Waals surface area contributed by atoms with Crippen LogP contribution in [0.15, 0.2) is 48.5 Å². The molecule has 2 aliphatic rings. The summed E-state index contributed by atoms with van der Waals surface area (Å²) in [6.07, 6.45) is 0.953. The molecule has 0 radical (unpaired) electrons. The van der Waals surface area contributed by atoms with E-state index in [-0.39, 0.29) is 11.7 Å². The Labute approximate surface area is 203 Å². The van der Waals surface area contributed by atoms with Crippen molar-refractivity contribution in [2.45, 2.75) is 19.0 Å². The molecule has 2 aromatic carbocycles. The number of nitrogen functional groups attached to an aromatic ring is 1. The number of benzene rings is 2. The number of rotatable bonds is 6. The lowest BCUT2D eigenvalue weighted by Crippen LogP contribution is -2.45. The fourth-order valence-electron chi connectivity index (χ4n) is 5.06. The van der Waals surface area contributed by atoms with E-state index >= 15 is 0 Å². The molecule has 3 heterocycles. The second-order valence-electron chi connectivity index (χ2n) is 9.21. The number of hydrogen-bond donors (Lipinski definition) is 3. The van der Waals surface area contributed by atoms with Gasteiger partial charge in [-0.25, -0.2) is 0 Å².